The summed E-state index contributed by atoms with van der Waals surface area (Å²) >= 11 is 0. The van der Waals surface area contributed by atoms with E-state index in [1.807, 2.05) is 0 Å². The van der Waals surface area contributed by atoms with E-state index in [1.54, 1.807) is 0 Å². The highest BCUT2D eigenvalue weighted by atomic mass is 32.2. The van der Waals surface area contributed by atoms with Crippen molar-refractivity contribution in [2.45, 2.75) is 19.1 Å². The lowest BCUT2D eigenvalue weighted by atomic mass is 10.0. The van der Waals surface area contributed by atoms with Gasteiger partial charge in [-0.25, -0.2) is 31.4 Å². The number of ether oxygens (including phenoxy) is 3. The molecule has 5 aromatic rings. The number of benzene rings is 3. The molecule has 0 atom stereocenters. The van der Waals surface area contributed by atoms with Gasteiger partial charge in [0, 0.05) is 36.1 Å². The summed E-state index contributed by atoms with van der Waals surface area (Å²) in [5.74, 6) is -4.39. The topological polar surface area (TPSA) is 162 Å². The predicted molar refractivity (Wildman–Crippen MR) is 167 cm³/mol. The second-order valence-corrected chi connectivity index (χ2v) is 12.5. The summed E-state index contributed by atoms with van der Waals surface area (Å²) in [6, 6.07) is 8.67. The number of carbonyl (C=O) groups is 1. The number of carboxylic acids is 1. The first-order valence-electron chi connectivity index (χ1n) is 13.7. The van der Waals surface area contributed by atoms with Crippen molar-refractivity contribution < 1.29 is 45.7 Å². The molecule has 0 saturated carbocycles. The van der Waals surface area contributed by atoms with Crippen molar-refractivity contribution >= 4 is 44.0 Å². The van der Waals surface area contributed by atoms with Crippen LogP contribution in [0.4, 0.5) is 30.2 Å². The summed E-state index contributed by atoms with van der Waals surface area (Å²) in [7, 11) is -1.24. The Balaban J connectivity index is 1.68. The first kappa shape index (κ1) is 32.7. The van der Waals surface area contributed by atoms with E-state index in [0.29, 0.717) is 11.6 Å². The zero-order valence-corrected chi connectivity index (χ0v) is 25.9. The Labute approximate surface area is 266 Å². The number of nitrogens with zero attached hydrogens (tertiary/aromatic N) is 3. The van der Waals surface area contributed by atoms with Crippen LogP contribution in [0.15, 0.2) is 60.9 Å². The number of fused-ring (bicyclic) bond motifs is 1. The van der Waals surface area contributed by atoms with Crippen molar-refractivity contribution in [1.82, 2.24) is 15.0 Å². The number of methoxy groups -OCH3 is 2. The number of anilines is 3. The molecule has 0 amide bonds. The standard InChI is InChI=1S/C31H26F3N5O7S/c1-15(2)47(42,43)39-26-14-35-25-8-16(23-13-36-31(45-4)38-29(23)44-3)7-24(34)27(25)28(26)37-20-5-17(30(40)41)6-21(12-20)46-22-10-18(32)9-19(33)11-22/h5-15,39H,1-4H3,(H,35,37)(H,40,41). The molecule has 3 N–H and O–H groups in total. The Morgan fingerprint density at radius 1 is 0.894 bits per heavy atom. The van der Waals surface area contributed by atoms with Crippen molar-refractivity contribution in [1.29, 1.82) is 0 Å². The zero-order valence-electron chi connectivity index (χ0n) is 25.1. The molecular formula is C31H26F3N5O7S. The molecule has 16 heteroatoms. The van der Waals surface area contributed by atoms with Crippen molar-refractivity contribution in [2.75, 3.05) is 24.3 Å². The minimum Gasteiger partial charge on any atom is -0.480 e. The van der Waals surface area contributed by atoms with Gasteiger partial charge in [-0.15, -0.1) is 0 Å². The summed E-state index contributed by atoms with van der Waals surface area (Å²) in [5.41, 5.74) is 0.0649. The number of carboxylic acid groups (broad SMARTS) is 1. The van der Waals surface area contributed by atoms with Crippen LogP contribution in [0, 0.1) is 17.5 Å². The van der Waals surface area contributed by atoms with Crippen LogP contribution in [-0.4, -0.2) is 53.9 Å². The molecule has 47 heavy (non-hydrogen) atoms. The summed E-state index contributed by atoms with van der Waals surface area (Å²) < 4.78 is 87.8. The van der Waals surface area contributed by atoms with Crippen LogP contribution >= 0.6 is 0 Å². The maximum atomic E-state index is 16.1. The molecule has 3 aromatic carbocycles. The SMILES string of the molecule is COc1ncc(-c2cc(F)c3c(Nc4cc(Oc5cc(F)cc(F)c5)cc(C(=O)O)c4)c(NS(=O)(=O)C(C)C)cnc3c2)c(OC)n1. The van der Waals surface area contributed by atoms with Gasteiger partial charge in [0.05, 0.1) is 59.1 Å². The maximum absolute atomic E-state index is 16.1. The summed E-state index contributed by atoms with van der Waals surface area (Å²) in [6.07, 6.45) is 2.54. The number of nitrogens with one attached hydrogen (secondary N) is 2. The van der Waals surface area contributed by atoms with Gasteiger partial charge in [0.25, 0.3) is 0 Å². The van der Waals surface area contributed by atoms with Crippen LogP contribution < -0.4 is 24.2 Å². The summed E-state index contributed by atoms with van der Waals surface area (Å²) in [6.45, 7) is 2.88. The number of aromatic nitrogens is 3. The van der Waals surface area contributed by atoms with Gasteiger partial charge in [0.15, 0.2) is 0 Å². The van der Waals surface area contributed by atoms with E-state index in [-0.39, 0.29) is 62.5 Å². The quantitative estimate of drug-likeness (QED) is 0.141. The number of hydrogen-bond acceptors (Lipinski definition) is 10. The van der Waals surface area contributed by atoms with Crippen LogP contribution in [0.1, 0.15) is 24.2 Å². The molecule has 244 valence electrons. The van der Waals surface area contributed by atoms with Crippen LogP contribution in [0.3, 0.4) is 0 Å². The molecule has 0 aliphatic carbocycles. The highest BCUT2D eigenvalue weighted by Gasteiger charge is 2.23. The number of hydrogen-bond donors (Lipinski definition) is 3. The predicted octanol–water partition coefficient (Wildman–Crippen LogP) is 6.51. The highest BCUT2D eigenvalue weighted by molar-refractivity contribution is 7.93. The van der Waals surface area contributed by atoms with Gasteiger partial charge >= 0.3 is 12.0 Å². The summed E-state index contributed by atoms with van der Waals surface area (Å²) in [5, 5.41) is 11.6. The molecule has 0 radical (unpaired) electrons. The fraction of sp³-hybridized carbons (Fsp3) is 0.161. The van der Waals surface area contributed by atoms with E-state index in [0.717, 1.165) is 24.3 Å². The van der Waals surface area contributed by atoms with Crippen molar-refractivity contribution in [3.63, 3.8) is 0 Å². The third-order valence-corrected chi connectivity index (χ3v) is 8.45. The zero-order chi connectivity index (χ0) is 34.0. The van der Waals surface area contributed by atoms with Crippen molar-refractivity contribution in [3.8, 4) is 34.5 Å². The summed E-state index contributed by atoms with van der Waals surface area (Å²) in [4.78, 5) is 24.5. The van der Waals surface area contributed by atoms with Crippen LogP contribution in [-0.2, 0) is 10.0 Å². The van der Waals surface area contributed by atoms with Gasteiger partial charge in [0.2, 0.25) is 15.9 Å². The van der Waals surface area contributed by atoms with Gasteiger partial charge in [-0.3, -0.25) is 9.71 Å². The molecule has 0 aliphatic heterocycles. The third kappa shape index (κ3) is 7.12. The Morgan fingerprint density at radius 2 is 1.60 bits per heavy atom. The van der Waals surface area contributed by atoms with Gasteiger partial charge < -0.3 is 24.6 Å². The lowest BCUT2D eigenvalue weighted by Crippen LogP contribution is -2.23. The molecule has 0 spiro atoms. The van der Waals surface area contributed by atoms with Crippen LogP contribution in [0.5, 0.6) is 23.4 Å². The Kier molecular flexibility index (Phi) is 9.05. The highest BCUT2D eigenvalue weighted by Crippen LogP contribution is 2.40. The fourth-order valence-corrected chi connectivity index (χ4v) is 5.13. The molecule has 0 aliphatic rings. The van der Waals surface area contributed by atoms with Gasteiger partial charge in [-0.1, -0.05) is 0 Å². The number of sulfonamides is 1. The number of pyridine rings is 1. The smallest absolute Gasteiger partial charge is 0.335 e. The molecule has 0 bridgehead atoms. The third-order valence-electron chi connectivity index (χ3n) is 6.71. The first-order valence-corrected chi connectivity index (χ1v) is 15.2. The maximum Gasteiger partial charge on any atom is 0.335 e. The molecule has 12 nitrogen and oxygen atoms in total. The van der Waals surface area contributed by atoms with Crippen molar-refractivity contribution in [3.05, 3.63) is 83.9 Å². The minimum atomic E-state index is -3.98. The lowest BCUT2D eigenvalue weighted by Gasteiger charge is -2.19. The first-order chi connectivity index (χ1) is 22.3. The fourth-order valence-electron chi connectivity index (χ4n) is 4.43. The van der Waals surface area contributed by atoms with Gasteiger partial charge in [-0.05, 0) is 43.7 Å². The molecular weight excluding hydrogens is 643 g/mol. The molecule has 0 unspecified atom stereocenters. The average Bonchev–Trinajstić information content (AvgIpc) is 3.00. The van der Waals surface area contributed by atoms with E-state index < -0.39 is 38.7 Å². The molecule has 5 rings (SSSR count). The molecule has 2 heterocycles. The van der Waals surface area contributed by atoms with E-state index in [4.69, 9.17) is 14.2 Å². The van der Waals surface area contributed by atoms with Gasteiger partial charge in [0.1, 0.15) is 29.0 Å². The van der Waals surface area contributed by atoms with E-state index >= 15 is 4.39 Å². The molecule has 0 fully saturated rings. The lowest BCUT2D eigenvalue weighted by molar-refractivity contribution is 0.0696. The van der Waals surface area contributed by atoms with Crippen LogP contribution in [0.2, 0.25) is 0 Å². The second kappa shape index (κ2) is 13.0. The van der Waals surface area contributed by atoms with Gasteiger partial charge in [-0.2, -0.15) is 4.98 Å². The normalized spacial score (nSPS) is 11.4. The second-order valence-electron chi connectivity index (χ2n) is 10.3. The number of rotatable bonds is 11. The number of halogens is 3. The minimum absolute atomic E-state index is 0.00275. The monoisotopic (exact) mass is 669 g/mol. The van der Waals surface area contributed by atoms with Crippen LogP contribution in [0.25, 0.3) is 22.0 Å². The van der Waals surface area contributed by atoms with E-state index in [2.05, 4.69) is 25.0 Å². The Bertz CT molecular complexity index is 2110. The average molecular weight is 670 g/mol. The number of aromatic carboxylic acids is 1. The van der Waals surface area contributed by atoms with E-state index in [9.17, 15) is 27.1 Å². The molecule has 0 saturated heterocycles. The Hall–Kier alpha value is -5.64. The Morgan fingerprint density at radius 3 is 2.23 bits per heavy atom. The largest absolute Gasteiger partial charge is 0.480 e. The molecule has 2 aromatic heterocycles. The van der Waals surface area contributed by atoms with Crippen molar-refractivity contribution in [2.24, 2.45) is 0 Å². The van der Waals surface area contributed by atoms with E-state index in [1.165, 1.54) is 58.7 Å².